The molecule has 2 aromatic carbocycles. The van der Waals surface area contributed by atoms with Crippen molar-refractivity contribution in [3.8, 4) is 0 Å². The molecule has 0 atom stereocenters. The van der Waals surface area contributed by atoms with Gasteiger partial charge in [0.05, 0.1) is 0 Å². The van der Waals surface area contributed by atoms with Gasteiger partial charge in [-0.2, -0.15) is 0 Å². The second-order valence-electron chi connectivity index (χ2n) is 5.89. The maximum absolute atomic E-state index is 12.0. The van der Waals surface area contributed by atoms with Crippen molar-refractivity contribution in [1.82, 2.24) is 12.9 Å². The van der Waals surface area contributed by atoms with Gasteiger partial charge >= 0.3 is 156 Å². The molecule has 6 nitrogen and oxygen atoms in total. The Balaban J connectivity index is 2.05. The SMILES string of the molecule is CCCn1c2ccc(C(=O)OC)cc2n2c(=Nc3ccccc3)[se]nc12. The molecule has 4 aromatic rings. The quantitative estimate of drug-likeness (QED) is 0.382. The van der Waals surface area contributed by atoms with Crippen LogP contribution in [0.5, 0.6) is 0 Å². The number of fused-ring (bicyclic) bond motifs is 3. The van der Waals surface area contributed by atoms with Crippen molar-refractivity contribution in [1.29, 1.82) is 0 Å². The minimum atomic E-state index is -0.341. The molecule has 0 N–H and O–H groups in total. The van der Waals surface area contributed by atoms with Crippen LogP contribution in [0.25, 0.3) is 16.8 Å². The Labute approximate surface area is 156 Å². The number of aryl methyl sites for hydroxylation is 1. The number of imidazole rings is 1. The first kappa shape index (κ1) is 16.8. The van der Waals surface area contributed by atoms with Gasteiger partial charge in [-0.15, -0.1) is 0 Å². The number of methoxy groups -OCH3 is 1. The fourth-order valence-electron chi connectivity index (χ4n) is 3.04. The van der Waals surface area contributed by atoms with E-state index in [4.69, 9.17) is 13.7 Å². The third kappa shape index (κ3) is 2.79. The maximum atomic E-state index is 12.0. The first-order valence-corrected chi connectivity index (χ1v) is 10.0. The molecule has 0 saturated heterocycles. The van der Waals surface area contributed by atoms with E-state index in [1.54, 1.807) is 6.07 Å². The Morgan fingerprint density at radius 2 is 2.00 bits per heavy atom. The van der Waals surface area contributed by atoms with Gasteiger partial charge in [0, 0.05) is 0 Å². The third-order valence-electron chi connectivity index (χ3n) is 4.20. The van der Waals surface area contributed by atoms with Crippen LogP contribution in [0.15, 0.2) is 53.5 Å². The van der Waals surface area contributed by atoms with Crippen molar-refractivity contribution in [3.05, 3.63) is 58.5 Å². The van der Waals surface area contributed by atoms with Crippen molar-refractivity contribution in [2.45, 2.75) is 19.9 Å². The standard InChI is InChI=1S/C19H18N4O2Se/c1-3-11-22-15-10-9-13(17(24)25-2)12-16(15)23-18(22)21-26-19(23)20-14-7-5-4-6-8-14/h4-10,12H,3,11H2,1-2H3. The van der Waals surface area contributed by atoms with Crippen molar-refractivity contribution < 1.29 is 9.53 Å². The van der Waals surface area contributed by atoms with Gasteiger partial charge in [0.15, 0.2) is 0 Å². The summed E-state index contributed by atoms with van der Waals surface area (Å²) in [6, 6.07) is 15.5. The number of para-hydroxylation sites is 1. The number of benzene rings is 2. The van der Waals surface area contributed by atoms with Gasteiger partial charge in [0.25, 0.3) is 0 Å². The number of carbonyl (C=O) groups is 1. The Kier molecular flexibility index (Phi) is 4.49. The number of aromatic nitrogens is 3. The van der Waals surface area contributed by atoms with Crippen LogP contribution >= 0.6 is 0 Å². The second kappa shape index (κ2) is 6.94. The fraction of sp³-hybridized carbons (Fsp3) is 0.211. The Morgan fingerprint density at radius 1 is 1.19 bits per heavy atom. The van der Waals surface area contributed by atoms with Gasteiger partial charge < -0.3 is 0 Å². The van der Waals surface area contributed by atoms with Crippen molar-refractivity contribution in [3.63, 3.8) is 0 Å². The average Bonchev–Trinajstić information content (AvgIpc) is 3.21. The molecule has 2 aromatic heterocycles. The summed E-state index contributed by atoms with van der Waals surface area (Å²) in [5, 5.41) is 0. The molecule has 0 spiro atoms. The Bertz CT molecular complexity index is 1150. The minimum absolute atomic E-state index is 0.101. The number of hydrogen-bond donors (Lipinski definition) is 0. The summed E-state index contributed by atoms with van der Waals surface area (Å²) in [6.45, 7) is 3.01. The average molecular weight is 413 g/mol. The summed E-state index contributed by atoms with van der Waals surface area (Å²) < 4.78 is 14.8. The topological polar surface area (TPSA) is 60.9 Å². The number of esters is 1. The molecule has 132 valence electrons. The molecule has 4 rings (SSSR count). The van der Waals surface area contributed by atoms with Gasteiger partial charge in [-0.25, -0.2) is 0 Å². The van der Waals surface area contributed by atoms with E-state index in [1.807, 2.05) is 42.5 Å². The van der Waals surface area contributed by atoms with Crippen molar-refractivity contribution >= 4 is 43.2 Å². The zero-order valence-electron chi connectivity index (χ0n) is 14.5. The molecule has 0 saturated carbocycles. The van der Waals surface area contributed by atoms with E-state index in [-0.39, 0.29) is 20.7 Å². The molecule has 0 aliphatic rings. The van der Waals surface area contributed by atoms with E-state index >= 15 is 0 Å². The molecule has 2 heterocycles. The fourth-order valence-corrected chi connectivity index (χ4v) is 4.62. The molecule has 26 heavy (non-hydrogen) atoms. The number of carbonyl (C=O) groups excluding carboxylic acids is 1. The number of rotatable bonds is 4. The van der Waals surface area contributed by atoms with Crippen LogP contribution in [0.1, 0.15) is 23.7 Å². The second-order valence-corrected chi connectivity index (χ2v) is 7.43. The van der Waals surface area contributed by atoms with E-state index < -0.39 is 0 Å². The number of nitrogens with zero attached hydrogens (tertiary/aromatic N) is 4. The Morgan fingerprint density at radius 3 is 2.73 bits per heavy atom. The monoisotopic (exact) mass is 414 g/mol. The van der Waals surface area contributed by atoms with E-state index in [0.29, 0.717) is 5.56 Å². The summed E-state index contributed by atoms with van der Waals surface area (Å²) in [7, 11) is 1.40. The predicted molar refractivity (Wildman–Crippen MR) is 101 cm³/mol. The van der Waals surface area contributed by atoms with E-state index in [2.05, 4.69) is 15.9 Å². The van der Waals surface area contributed by atoms with Crippen LogP contribution in [0.3, 0.4) is 0 Å². The first-order chi connectivity index (χ1) is 12.7. The van der Waals surface area contributed by atoms with Crippen molar-refractivity contribution in [2.75, 3.05) is 7.11 Å². The van der Waals surface area contributed by atoms with E-state index in [9.17, 15) is 4.79 Å². The van der Waals surface area contributed by atoms with Crippen LogP contribution < -0.4 is 4.36 Å². The third-order valence-corrected chi connectivity index (χ3v) is 5.65. The predicted octanol–water partition coefficient (Wildman–Crippen LogP) is 2.78. The Hall–Kier alpha value is -2.63. The normalized spacial score (nSPS) is 12.2. The summed E-state index contributed by atoms with van der Waals surface area (Å²) >= 11 is -0.101. The van der Waals surface area contributed by atoms with Gasteiger partial charge in [0.1, 0.15) is 0 Å². The first-order valence-electron chi connectivity index (χ1n) is 8.41. The molecule has 0 aliphatic heterocycles. The van der Waals surface area contributed by atoms with Crippen LogP contribution in [-0.4, -0.2) is 40.8 Å². The molecule has 0 aliphatic carbocycles. The molecular weight excluding hydrogens is 395 g/mol. The molecule has 0 unspecified atom stereocenters. The summed E-state index contributed by atoms with van der Waals surface area (Å²) in [5.74, 6) is 0.560. The molecular formula is C19H18N4O2Se. The van der Waals surface area contributed by atoms with Gasteiger partial charge in [-0.05, 0) is 0 Å². The molecule has 0 bridgehead atoms. The van der Waals surface area contributed by atoms with Gasteiger partial charge in [-0.1, -0.05) is 0 Å². The van der Waals surface area contributed by atoms with Crippen LogP contribution in [0, 0.1) is 0 Å². The summed E-state index contributed by atoms with van der Waals surface area (Å²) in [5.41, 5.74) is 3.42. The molecule has 7 heteroatoms. The number of ether oxygens (including phenoxy) is 1. The van der Waals surface area contributed by atoms with Crippen LogP contribution in [-0.2, 0) is 11.3 Å². The van der Waals surface area contributed by atoms with Crippen LogP contribution in [0.2, 0.25) is 0 Å². The molecule has 0 radical (unpaired) electrons. The van der Waals surface area contributed by atoms with E-state index in [0.717, 1.165) is 39.8 Å². The molecule has 0 fully saturated rings. The summed E-state index contributed by atoms with van der Waals surface area (Å²) in [6.07, 6.45) is 1.00. The summed E-state index contributed by atoms with van der Waals surface area (Å²) in [4.78, 5) is 16.8. The van der Waals surface area contributed by atoms with Crippen molar-refractivity contribution in [2.24, 2.45) is 4.99 Å². The van der Waals surface area contributed by atoms with Gasteiger partial charge in [0.2, 0.25) is 0 Å². The van der Waals surface area contributed by atoms with Gasteiger partial charge in [-0.3, -0.25) is 0 Å². The zero-order valence-corrected chi connectivity index (χ0v) is 16.3. The number of hydrogen-bond acceptors (Lipinski definition) is 4. The van der Waals surface area contributed by atoms with E-state index in [1.165, 1.54) is 7.11 Å². The molecule has 0 amide bonds. The van der Waals surface area contributed by atoms with Crippen LogP contribution in [0.4, 0.5) is 5.69 Å². The zero-order chi connectivity index (χ0) is 18.1.